The topological polar surface area (TPSA) is 80.9 Å². The first-order valence-corrected chi connectivity index (χ1v) is 7.42. The van der Waals surface area contributed by atoms with Crippen LogP contribution in [0.1, 0.15) is 18.8 Å². The van der Waals surface area contributed by atoms with Crippen molar-refractivity contribution in [2.45, 2.75) is 25.2 Å². The molecule has 0 unspecified atom stereocenters. The number of esters is 1. The van der Waals surface area contributed by atoms with Gasteiger partial charge in [-0.05, 0) is 43.3 Å². The SMILES string of the molecule is COc1ccc(N[C@H]2[C@@H]([C@@H](O)c3ccco3)OC(=O)[C@H]2C)cc1. The van der Waals surface area contributed by atoms with Crippen molar-refractivity contribution in [2.75, 3.05) is 12.4 Å². The summed E-state index contributed by atoms with van der Waals surface area (Å²) in [5.41, 5.74) is 0.817. The number of benzene rings is 1. The van der Waals surface area contributed by atoms with Crippen LogP contribution in [-0.4, -0.2) is 30.3 Å². The van der Waals surface area contributed by atoms with E-state index in [2.05, 4.69) is 5.32 Å². The number of aliphatic hydroxyl groups excluding tert-OH is 1. The van der Waals surface area contributed by atoms with Crippen LogP contribution >= 0.6 is 0 Å². The summed E-state index contributed by atoms with van der Waals surface area (Å²) < 4.78 is 15.7. The molecule has 6 heteroatoms. The van der Waals surface area contributed by atoms with E-state index in [4.69, 9.17) is 13.9 Å². The molecule has 122 valence electrons. The van der Waals surface area contributed by atoms with E-state index in [1.807, 2.05) is 24.3 Å². The zero-order valence-corrected chi connectivity index (χ0v) is 12.9. The lowest BCUT2D eigenvalue weighted by atomic mass is 9.95. The summed E-state index contributed by atoms with van der Waals surface area (Å²) in [6.07, 6.45) is -0.259. The molecule has 1 fully saturated rings. The van der Waals surface area contributed by atoms with Crippen molar-refractivity contribution >= 4 is 11.7 Å². The molecular formula is C17H19NO5. The number of carbonyl (C=O) groups excluding carboxylic acids is 1. The van der Waals surface area contributed by atoms with Crippen molar-refractivity contribution in [3.05, 3.63) is 48.4 Å². The average molecular weight is 317 g/mol. The third kappa shape index (κ3) is 3.03. The highest BCUT2D eigenvalue weighted by atomic mass is 16.6. The molecule has 2 N–H and O–H groups in total. The molecule has 6 nitrogen and oxygen atoms in total. The minimum Gasteiger partial charge on any atom is -0.497 e. The molecule has 1 aromatic heterocycles. The average Bonchev–Trinajstić information content (AvgIpc) is 3.19. The number of methoxy groups -OCH3 is 1. The predicted molar refractivity (Wildman–Crippen MR) is 83.1 cm³/mol. The summed E-state index contributed by atoms with van der Waals surface area (Å²) in [5.74, 6) is 0.395. The smallest absolute Gasteiger partial charge is 0.311 e. The molecule has 2 aromatic rings. The maximum absolute atomic E-state index is 11.9. The number of furan rings is 1. The van der Waals surface area contributed by atoms with E-state index in [-0.39, 0.29) is 17.9 Å². The van der Waals surface area contributed by atoms with Gasteiger partial charge in [0.25, 0.3) is 0 Å². The molecule has 2 heterocycles. The molecule has 3 rings (SSSR count). The van der Waals surface area contributed by atoms with E-state index in [1.54, 1.807) is 26.2 Å². The van der Waals surface area contributed by atoms with Gasteiger partial charge in [-0.25, -0.2) is 0 Å². The van der Waals surface area contributed by atoms with Crippen molar-refractivity contribution in [1.82, 2.24) is 0 Å². The molecule has 1 aliphatic heterocycles. The first-order valence-electron chi connectivity index (χ1n) is 7.42. The van der Waals surface area contributed by atoms with E-state index in [0.717, 1.165) is 11.4 Å². The zero-order valence-electron chi connectivity index (χ0n) is 12.9. The molecule has 0 saturated carbocycles. The van der Waals surface area contributed by atoms with Gasteiger partial charge in [-0.2, -0.15) is 0 Å². The van der Waals surface area contributed by atoms with Crippen LogP contribution in [0, 0.1) is 5.92 Å². The Morgan fingerprint density at radius 1 is 1.26 bits per heavy atom. The number of cyclic esters (lactones) is 1. The van der Waals surface area contributed by atoms with Gasteiger partial charge >= 0.3 is 5.97 Å². The van der Waals surface area contributed by atoms with Crippen molar-refractivity contribution in [2.24, 2.45) is 5.92 Å². The summed E-state index contributed by atoms with van der Waals surface area (Å²) in [7, 11) is 1.60. The van der Waals surface area contributed by atoms with E-state index >= 15 is 0 Å². The van der Waals surface area contributed by atoms with Gasteiger partial charge in [0.05, 0.1) is 25.3 Å². The lowest BCUT2D eigenvalue weighted by Gasteiger charge is -2.24. The first-order chi connectivity index (χ1) is 11.1. The third-order valence-corrected chi connectivity index (χ3v) is 4.09. The second-order valence-electron chi connectivity index (χ2n) is 5.55. The zero-order chi connectivity index (χ0) is 16.4. The van der Waals surface area contributed by atoms with Crippen LogP contribution in [0.4, 0.5) is 5.69 Å². The molecule has 0 aliphatic carbocycles. The Bertz CT molecular complexity index is 652. The molecule has 1 saturated heterocycles. The molecule has 0 bridgehead atoms. The summed E-state index contributed by atoms with van der Waals surface area (Å²) in [4.78, 5) is 11.9. The van der Waals surface area contributed by atoms with Crippen molar-refractivity contribution in [3.63, 3.8) is 0 Å². The van der Waals surface area contributed by atoms with E-state index in [9.17, 15) is 9.90 Å². The van der Waals surface area contributed by atoms with Crippen LogP contribution in [0.15, 0.2) is 47.1 Å². The van der Waals surface area contributed by atoms with Crippen molar-refractivity contribution < 1.29 is 23.8 Å². The Labute approximate surface area is 134 Å². The molecule has 0 radical (unpaired) electrons. The standard InChI is InChI=1S/C17H19NO5/c1-10-14(18-11-5-7-12(21-2)8-6-11)16(23-17(10)20)15(19)13-4-3-9-22-13/h3-10,14-16,18-19H,1-2H3/t10-,14+,15-,16-/m0/s1. The largest absolute Gasteiger partial charge is 0.497 e. The minimum atomic E-state index is -1.02. The molecule has 1 aliphatic rings. The molecule has 1 aromatic carbocycles. The highest BCUT2D eigenvalue weighted by molar-refractivity contribution is 5.76. The van der Waals surface area contributed by atoms with Gasteiger partial charge in [0.15, 0.2) is 12.2 Å². The Balaban J connectivity index is 1.80. The van der Waals surface area contributed by atoms with Gasteiger partial charge in [0, 0.05) is 5.69 Å². The maximum atomic E-state index is 11.9. The molecule has 23 heavy (non-hydrogen) atoms. The molecular weight excluding hydrogens is 298 g/mol. The van der Waals surface area contributed by atoms with Crippen LogP contribution in [0.5, 0.6) is 5.75 Å². The molecule has 4 atom stereocenters. The fourth-order valence-electron chi connectivity index (χ4n) is 2.72. The van der Waals surface area contributed by atoms with Gasteiger partial charge in [0.1, 0.15) is 11.5 Å². The van der Waals surface area contributed by atoms with E-state index < -0.39 is 12.2 Å². The monoisotopic (exact) mass is 317 g/mol. The number of hydrogen-bond acceptors (Lipinski definition) is 6. The Kier molecular flexibility index (Phi) is 4.25. The molecule has 0 amide bonds. The fourth-order valence-corrected chi connectivity index (χ4v) is 2.72. The van der Waals surface area contributed by atoms with Gasteiger partial charge in [-0.3, -0.25) is 4.79 Å². The second kappa shape index (κ2) is 6.34. The Morgan fingerprint density at radius 2 is 2.00 bits per heavy atom. The lowest BCUT2D eigenvalue weighted by molar-refractivity contribution is -0.148. The summed E-state index contributed by atoms with van der Waals surface area (Å²) >= 11 is 0. The highest BCUT2D eigenvalue weighted by Crippen LogP contribution is 2.33. The van der Waals surface area contributed by atoms with E-state index in [1.165, 1.54) is 6.26 Å². The summed E-state index contributed by atoms with van der Waals surface area (Å²) in [6.45, 7) is 1.78. The van der Waals surface area contributed by atoms with E-state index in [0.29, 0.717) is 5.76 Å². The minimum absolute atomic E-state index is 0.341. The van der Waals surface area contributed by atoms with Gasteiger partial charge in [0.2, 0.25) is 0 Å². The second-order valence-corrected chi connectivity index (χ2v) is 5.55. The summed E-state index contributed by atoms with van der Waals surface area (Å²) in [6, 6.07) is 10.3. The van der Waals surface area contributed by atoms with Crippen LogP contribution < -0.4 is 10.1 Å². The van der Waals surface area contributed by atoms with Crippen LogP contribution in [0.3, 0.4) is 0 Å². The predicted octanol–water partition coefficient (Wildman–Crippen LogP) is 2.36. The normalized spacial score (nSPS) is 25.0. The van der Waals surface area contributed by atoms with Crippen molar-refractivity contribution in [3.8, 4) is 5.75 Å². The number of rotatable bonds is 5. The number of hydrogen-bond donors (Lipinski definition) is 2. The lowest BCUT2D eigenvalue weighted by Crippen LogP contribution is -2.37. The quantitative estimate of drug-likeness (QED) is 0.824. The van der Waals surface area contributed by atoms with Gasteiger partial charge in [-0.15, -0.1) is 0 Å². The van der Waals surface area contributed by atoms with Crippen LogP contribution in [0.2, 0.25) is 0 Å². The van der Waals surface area contributed by atoms with Crippen LogP contribution in [-0.2, 0) is 9.53 Å². The Hall–Kier alpha value is -2.47. The number of anilines is 1. The number of ether oxygens (including phenoxy) is 2. The highest BCUT2D eigenvalue weighted by Gasteiger charge is 2.46. The molecule has 0 spiro atoms. The maximum Gasteiger partial charge on any atom is 0.311 e. The Morgan fingerprint density at radius 3 is 2.61 bits per heavy atom. The number of nitrogens with one attached hydrogen (secondary N) is 1. The number of carbonyl (C=O) groups is 1. The van der Waals surface area contributed by atoms with Gasteiger partial charge < -0.3 is 24.3 Å². The van der Waals surface area contributed by atoms with Crippen molar-refractivity contribution in [1.29, 1.82) is 0 Å². The number of aliphatic hydroxyl groups is 1. The summed E-state index contributed by atoms with van der Waals surface area (Å²) in [5, 5.41) is 13.7. The fraction of sp³-hybridized carbons (Fsp3) is 0.353. The van der Waals surface area contributed by atoms with Gasteiger partial charge in [-0.1, -0.05) is 0 Å². The third-order valence-electron chi connectivity index (χ3n) is 4.09. The first kappa shape index (κ1) is 15.4. The van der Waals surface area contributed by atoms with Crippen LogP contribution in [0.25, 0.3) is 0 Å².